The van der Waals surface area contributed by atoms with Gasteiger partial charge in [0.2, 0.25) is 0 Å². The number of hydrogen-bond donors (Lipinski definition) is 0. The fourth-order valence-electron chi connectivity index (χ4n) is 2.23. The number of carbonyl (C=O) groups excluding carboxylic acids is 1. The van der Waals surface area contributed by atoms with Gasteiger partial charge < -0.3 is 4.74 Å². The molecule has 1 heterocycles. The number of pyridine rings is 1. The first-order valence-corrected chi connectivity index (χ1v) is 7.11. The van der Waals surface area contributed by atoms with Crippen LogP contribution in [0.15, 0.2) is 91.3 Å². The van der Waals surface area contributed by atoms with Crippen LogP contribution < -0.4 is 4.57 Å². The molecule has 0 saturated heterocycles. The minimum atomic E-state index is -0.491. The van der Waals surface area contributed by atoms with E-state index >= 15 is 0 Å². The lowest BCUT2D eigenvalue weighted by atomic mass is 10.2. The predicted octanol–water partition coefficient (Wildman–Crippen LogP) is 3.38. The second kappa shape index (κ2) is 6.68. The van der Waals surface area contributed by atoms with E-state index in [-0.39, 0.29) is 5.97 Å². The fraction of sp³-hybridized carbons (Fsp3) is 0.0526. The second-order valence-electron chi connectivity index (χ2n) is 4.86. The van der Waals surface area contributed by atoms with E-state index in [1.54, 1.807) is 12.1 Å². The van der Waals surface area contributed by atoms with Crippen molar-refractivity contribution in [2.45, 2.75) is 6.23 Å². The monoisotopic (exact) mass is 290 g/mol. The highest BCUT2D eigenvalue weighted by Crippen LogP contribution is 2.16. The summed E-state index contributed by atoms with van der Waals surface area (Å²) in [4.78, 5) is 12.4. The average Bonchev–Trinajstić information content (AvgIpc) is 2.62. The number of benzene rings is 2. The summed E-state index contributed by atoms with van der Waals surface area (Å²) in [5, 5.41) is 0. The van der Waals surface area contributed by atoms with Crippen LogP contribution >= 0.6 is 0 Å². The molecule has 0 amide bonds. The van der Waals surface area contributed by atoms with E-state index in [1.807, 2.05) is 83.7 Å². The molecule has 0 aliphatic heterocycles. The summed E-state index contributed by atoms with van der Waals surface area (Å²) in [7, 11) is 0. The molecule has 1 aromatic heterocycles. The van der Waals surface area contributed by atoms with E-state index < -0.39 is 6.23 Å². The number of nitrogens with zero attached hydrogens (tertiary/aromatic N) is 1. The second-order valence-corrected chi connectivity index (χ2v) is 4.86. The number of rotatable bonds is 4. The minimum Gasteiger partial charge on any atom is -0.395 e. The molecule has 0 radical (unpaired) electrons. The van der Waals surface area contributed by atoms with Gasteiger partial charge in [0.15, 0.2) is 12.4 Å². The van der Waals surface area contributed by atoms with Crippen LogP contribution in [0.2, 0.25) is 0 Å². The Labute approximate surface area is 129 Å². The van der Waals surface area contributed by atoms with Crippen LogP contribution in [0.3, 0.4) is 0 Å². The van der Waals surface area contributed by atoms with Gasteiger partial charge >= 0.3 is 12.2 Å². The largest absolute Gasteiger partial charge is 0.395 e. The third-order valence-electron chi connectivity index (χ3n) is 3.32. The molecule has 3 rings (SSSR count). The first-order valence-electron chi connectivity index (χ1n) is 7.11. The van der Waals surface area contributed by atoms with Crippen LogP contribution in [-0.4, -0.2) is 5.97 Å². The summed E-state index contributed by atoms with van der Waals surface area (Å²) in [5.74, 6) is -0.342. The summed E-state index contributed by atoms with van der Waals surface area (Å²) < 4.78 is 7.60. The Hall–Kier alpha value is -2.94. The fourth-order valence-corrected chi connectivity index (χ4v) is 2.23. The third-order valence-corrected chi connectivity index (χ3v) is 3.32. The van der Waals surface area contributed by atoms with Crippen LogP contribution in [0.4, 0.5) is 0 Å². The van der Waals surface area contributed by atoms with Gasteiger partial charge in [0, 0.05) is 12.1 Å². The Kier molecular flexibility index (Phi) is 4.25. The lowest BCUT2D eigenvalue weighted by Gasteiger charge is -2.13. The van der Waals surface area contributed by atoms with Gasteiger partial charge in [-0.15, -0.1) is 0 Å². The van der Waals surface area contributed by atoms with Crippen LogP contribution in [0, 0.1) is 0 Å². The SMILES string of the molecule is O=C(OC(c1ccccc1)[n+]1ccccc1)c1ccccc1. The van der Waals surface area contributed by atoms with Crippen LogP contribution in [0.1, 0.15) is 22.1 Å². The van der Waals surface area contributed by atoms with Gasteiger partial charge in [-0.05, 0) is 24.3 Å². The van der Waals surface area contributed by atoms with E-state index in [9.17, 15) is 4.79 Å². The highest BCUT2D eigenvalue weighted by atomic mass is 16.6. The van der Waals surface area contributed by atoms with Crippen molar-refractivity contribution in [1.82, 2.24) is 0 Å². The Morgan fingerprint density at radius 3 is 1.95 bits per heavy atom. The summed E-state index contributed by atoms with van der Waals surface area (Å²) in [5.41, 5.74) is 1.46. The van der Waals surface area contributed by atoms with E-state index in [1.165, 1.54) is 0 Å². The van der Waals surface area contributed by atoms with Crippen molar-refractivity contribution in [3.8, 4) is 0 Å². The highest BCUT2D eigenvalue weighted by Gasteiger charge is 2.25. The van der Waals surface area contributed by atoms with Crippen LogP contribution in [0.5, 0.6) is 0 Å². The number of ether oxygens (including phenoxy) is 1. The van der Waals surface area contributed by atoms with Gasteiger partial charge in [0.05, 0.1) is 11.1 Å². The van der Waals surface area contributed by atoms with E-state index in [4.69, 9.17) is 4.74 Å². The van der Waals surface area contributed by atoms with Crippen molar-refractivity contribution < 1.29 is 14.1 Å². The van der Waals surface area contributed by atoms with Gasteiger partial charge in [0.1, 0.15) is 0 Å². The summed E-state index contributed by atoms with van der Waals surface area (Å²) in [6.45, 7) is 0. The molecule has 0 aliphatic carbocycles. The zero-order chi connectivity index (χ0) is 15.2. The number of carbonyl (C=O) groups is 1. The summed E-state index contributed by atoms with van der Waals surface area (Å²) >= 11 is 0. The van der Waals surface area contributed by atoms with Gasteiger partial charge in [-0.2, -0.15) is 4.57 Å². The zero-order valence-corrected chi connectivity index (χ0v) is 12.0. The van der Waals surface area contributed by atoms with Crippen molar-refractivity contribution in [2.24, 2.45) is 0 Å². The van der Waals surface area contributed by atoms with Crippen molar-refractivity contribution in [3.05, 3.63) is 102 Å². The molecule has 0 saturated carbocycles. The lowest BCUT2D eigenvalue weighted by Crippen LogP contribution is -2.42. The maximum atomic E-state index is 12.4. The van der Waals surface area contributed by atoms with Crippen LogP contribution in [-0.2, 0) is 4.74 Å². The molecule has 22 heavy (non-hydrogen) atoms. The topological polar surface area (TPSA) is 30.2 Å². The molecular formula is C19H16NO2+. The van der Waals surface area contributed by atoms with E-state index in [0.29, 0.717) is 5.56 Å². The molecule has 3 nitrogen and oxygen atoms in total. The quantitative estimate of drug-likeness (QED) is 0.544. The predicted molar refractivity (Wildman–Crippen MR) is 83.1 cm³/mol. The Balaban J connectivity index is 1.91. The highest BCUT2D eigenvalue weighted by molar-refractivity contribution is 5.89. The maximum Gasteiger partial charge on any atom is 0.343 e. The van der Waals surface area contributed by atoms with E-state index in [2.05, 4.69) is 0 Å². The summed E-state index contributed by atoms with van der Waals surface area (Å²) in [6, 6.07) is 24.5. The number of hydrogen-bond acceptors (Lipinski definition) is 2. The molecular weight excluding hydrogens is 274 g/mol. The number of aromatic nitrogens is 1. The normalized spacial score (nSPS) is 11.6. The molecule has 3 aromatic rings. The zero-order valence-electron chi connectivity index (χ0n) is 12.0. The lowest BCUT2D eigenvalue weighted by molar-refractivity contribution is -0.746. The smallest absolute Gasteiger partial charge is 0.343 e. The van der Waals surface area contributed by atoms with Gasteiger partial charge in [-0.3, -0.25) is 0 Å². The molecule has 0 spiro atoms. The van der Waals surface area contributed by atoms with Crippen LogP contribution in [0.25, 0.3) is 0 Å². The average molecular weight is 290 g/mol. The molecule has 1 atom stereocenters. The molecule has 0 fully saturated rings. The van der Waals surface area contributed by atoms with Crippen molar-refractivity contribution >= 4 is 5.97 Å². The van der Waals surface area contributed by atoms with Crippen molar-refractivity contribution in [3.63, 3.8) is 0 Å². The molecule has 0 N–H and O–H groups in total. The van der Waals surface area contributed by atoms with Gasteiger partial charge in [-0.1, -0.05) is 42.5 Å². The molecule has 3 heteroatoms. The van der Waals surface area contributed by atoms with E-state index in [0.717, 1.165) is 5.56 Å². The molecule has 108 valence electrons. The van der Waals surface area contributed by atoms with Crippen molar-refractivity contribution in [1.29, 1.82) is 0 Å². The Morgan fingerprint density at radius 1 is 0.773 bits per heavy atom. The van der Waals surface area contributed by atoms with Crippen molar-refractivity contribution in [2.75, 3.05) is 0 Å². The maximum absolute atomic E-state index is 12.4. The molecule has 0 aliphatic rings. The summed E-state index contributed by atoms with van der Waals surface area (Å²) in [6.07, 6.45) is 3.28. The Morgan fingerprint density at radius 2 is 1.32 bits per heavy atom. The standard InChI is InChI=1S/C19H16NO2/c21-19(17-12-6-2-7-13-17)22-18(16-10-4-1-5-11-16)20-14-8-3-9-15-20/h1-15,18H/q+1. The minimum absolute atomic E-state index is 0.342. The third kappa shape index (κ3) is 3.20. The molecule has 1 unspecified atom stereocenters. The first kappa shape index (κ1) is 14.0. The number of esters is 1. The van der Waals surface area contributed by atoms with Gasteiger partial charge in [0.25, 0.3) is 0 Å². The first-order chi connectivity index (χ1) is 10.8. The Bertz CT molecular complexity index is 688. The molecule has 2 aromatic carbocycles. The molecule has 0 bridgehead atoms. The van der Waals surface area contributed by atoms with Gasteiger partial charge in [-0.25, -0.2) is 4.79 Å².